The number of hydrogen-bond donors (Lipinski definition) is 0. The number of hydrogen-bond acceptors (Lipinski definition) is 4. The summed E-state index contributed by atoms with van der Waals surface area (Å²) >= 11 is 0. The first-order valence-corrected chi connectivity index (χ1v) is 15.0. The number of unbranched alkanes of at least 4 members (excludes halogenated alkanes) is 2. The molecule has 0 bridgehead atoms. The van der Waals surface area contributed by atoms with Crippen LogP contribution in [0.3, 0.4) is 0 Å². The molecule has 13 heteroatoms. The van der Waals surface area contributed by atoms with Gasteiger partial charge in [0.05, 0.1) is 19.8 Å². The Bertz CT molecular complexity index is 1710. The summed E-state index contributed by atoms with van der Waals surface area (Å²) in [4.78, 5) is 0. The molecule has 256 valence electrons. The minimum absolute atomic E-state index is 0.00321. The van der Waals surface area contributed by atoms with Gasteiger partial charge in [0.2, 0.25) is 0 Å². The van der Waals surface area contributed by atoms with Crippen molar-refractivity contribution < 1.29 is 58.5 Å². The molecule has 0 aliphatic carbocycles. The molecular formula is C35H29F9O4. The van der Waals surface area contributed by atoms with Gasteiger partial charge < -0.3 is 18.9 Å². The van der Waals surface area contributed by atoms with Crippen molar-refractivity contribution >= 4 is 0 Å². The number of alkyl halides is 2. The van der Waals surface area contributed by atoms with E-state index in [0.717, 1.165) is 31.4 Å². The number of benzene rings is 4. The van der Waals surface area contributed by atoms with Gasteiger partial charge in [0, 0.05) is 41.3 Å². The summed E-state index contributed by atoms with van der Waals surface area (Å²) < 4.78 is 151. The number of ether oxygens (including phenoxy) is 4. The summed E-state index contributed by atoms with van der Waals surface area (Å²) in [5.41, 5.74) is -2.36. The molecule has 48 heavy (non-hydrogen) atoms. The van der Waals surface area contributed by atoms with Gasteiger partial charge in [-0.2, -0.15) is 8.78 Å². The van der Waals surface area contributed by atoms with Crippen molar-refractivity contribution in [2.75, 3.05) is 26.4 Å². The Balaban J connectivity index is 1.28. The Kier molecular flexibility index (Phi) is 11.0. The van der Waals surface area contributed by atoms with Crippen LogP contribution in [0.2, 0.25) is 0 Å². The maximum atomic E-state index is 15.2. The summed E-state index contributed by atoms with van der Waals surface area (Å²) in [5.74, 6) is -12.4. The summed E-state index contributed by atoms with van der Waals surface area (Å²) in [5, 5.41) is 0. The van der Waals surface area contributed by atoms with Gasteiger partial charge >= 0.3 is 6.11 Å². The van der Waals surface area contributed by atoms with Crippen LogP contribution < -0.4 is 4.74 Å². The van der Waals surface area contributed by atoms with Crippen LogP contribution >= 0.6 is 0 Å². The highest BCUT2D eigenvalue weighted by Crippen LogP contribution is 2.39. The van der Waals surface area contributed by atoms with Crippen LogP contribution in [-0.4, -0.2) is 26.4 Å². The molecule has 0 amide bonds. The van der Waals surface area contributed by atoms with E-state index in [-0.39, 0.29) is 29.2 Å². The second-order valence-electron chi connectivity index (χ2n) is 11.2. The van der Waals surface area contributed by atoms with Gasteiger partial charge in [0.25, 0.3) is 0 Å². The zero-order valence-electron chi connectivity index (χ0n) is 25.4. The highest BCUT2D eigenvalue weighted by molar-refractivity contribution is 5.72. The minimum atomic E-state index is -4.81. The van der Waals surface area contributed by atoms with Gasteiger partial charge in [0.1, 0.15) is 34.6 Å². The van der Waals surface area contributed by atoms with Crippen molar-refractivity contribution in [2.45, 2.75) is 38.6 Å². The average Bonchev–Trinajstić information content (AvgIpc) is 3.03. The smallest absolute Gasteiger partial charge is 0.429 e. The van der Waals surface area contributed by atoms with E-state index in [1.165, 1.54) is 18.2 Å². The lowest BCUT2D eigenvalue weighted by Crippen LogP contribution is -2.30. The Labute approximate surface area is 270 Å². The molecule has 1 aliphatic rings. The standard InChI is InChI=1S/C35H29F9O4/c1-2-3-4-9-45-16-19-17-46-34(47-18-19)21-6-8-24(27(37)11-21)20-5-7-25(26(36)10-20)22-12-28(38)32(29(39)13-22)35(43,44)48-23-14-30(40)33(42)31(41)15-23/h5-8,10-15,19,34H,2-4,9,16-18H2,1H3. The van der Waals surface area contributed by atoms with Gasteiger partial charge in [-0.3, -0.25) is 0 Å². The molecule has 0 saturated carbocycles. The summed E-state index contributed by atoms with van der Waals surface area (Å²) in [6.45, 7) is 3.96. The molecule has 0 atom stereocenters. The van der Waals surface area contributed by atoms with E-state index in [0.29, 0.717) is 44.1 Å². The van der Waals surface area contributed by atoms with E-state index in [1.54, 1.807) is 6.07 Å². The molecule has 1 aliphatic heterocycles. The second-order valence-corrected chi connectivity index (χ2v) is 11.2. The van der Waals surface area contributed by atoms with Crippen molar-refractivity contribution in [3.8, 4) is 28.0 Å². The van der Waals surface area contributed by atoms with Gasteiger partial charge in [-0.25, -0.2) is 30.7 Å². The number of rotatable bonds is 12. The third-order valence-corrected chi connectivity index (χ3v) is 7.61. The van der Waals surface area contributed by atoms with Gasteiger partial charge in [-0.1, -0.05) is 44.0 Å². The molecule has 0 spiro atoms. The van der Waals surface area contributed by atoms with Crippen molar-refractivity contribution in [3.63, 3.8) is 0 Å². The van der Waals surface area contributed by atoms with Crippen LogP contribution in [-0.2, 0) is 20.3 Å². The molecular weight excluding hydrogens is 655 g/mol. The maximum absolute atomic E-state index is 15.2. The number of halogens is 9. The average molecular weight is 685 g/mol. The first-order chi connectivity index (χ1) is 22.9. The van der Waals surface area contributed by atoms with Crippen LogP contribution in [0.1, 0.15) is 43.6 Å². The van der Waals surface area contributed by atoms with Crippen molar-refractivity contribution in [1.29, 1.82) is 0 Å². The van der Waals surface area contributed by atoms with E-state index in [2.05, 4.69) is 11.7 Å². The fourth-order valence-electron chi connectivity index (χ4n) is 5.16. The van der Waals surface area contributed by atoms with Gasteiger partial charge in [-0.15, -0.1) is 0 Å². The largest absolute Gasteiger partial charge is 0.432 e. The third kappa shape index (κ3) is 7.96. The molecule has 1 fully saturated rings. The molecule has 4 aromatic carbocycles. The van der Waals surface area contributed by atoms with Gasteiger partial charge in [0.15, 0.2) is 23.7 Å². The first-order valence-electron chi connectivity index (χ1n) is 15.0. The SMILES string of the molecule is CCCCCOCC1COC(c2ccc(-c3ccc(-c4cc(F)c(C(F)(F)Oc5cc(F)c(F)c(F)c5)c(F)c4)c(F)c3)c(F)c2)OC1. The van der Waals surface area contributed by atoms with E-state index in [9.17, 15) is 30.7 Å². The molecule has 0 unspecified atom stereocenters. The zero-order chi connectivity index (χ0) is 34.6. The van der Waals surface area contributed by atoms with Crippen molar-refractivity contribution in [1.82, 2.24) is 0 Å². The van der Waals surface area contributed by atoms with Gasteiger partial charge in [-0.05, 0) is 41.8 Å². The highest BCUT2D eigenvalue weighted by atomic mass is 19.3. The van der Waals surface area contributed by atoms with Crippen LogP contribution in [0.15, 0.2) is 60.7 Å². The predicted octanol–water partition coefficient (Wildman–Crippen LogP) is 9.99. The Morgan fingerprint density at radius 1 is 0.688 bits per heavy atom. The summed E-state index contributed by atoms with van der Waals surface area (Å²) in [6.07, 6.45) is -2.47. The molecule has 0 N–H and O–H groups in total. The third-order valence-electron chi connectivity index (χ3n) is 7.61. The second kappa shape index (κ2) is 15.0. The topological polar surface area (TPSA) is 36.9 Å². The molecule has 5 rings (SSSR count). The van der Waals surface area contributed by atoms with Crippen LogP contribution in [0.25, 0.3) is 22.3 Å². The molecule has 0 aromatic heterocycles. The molecule has 1 heterocycles. The quantitative estimate of drug-likeness (QED) is 0.0846. The predicted molar refractivity (Wildman–Crippen MR) is 156 cm³/mol. The molecule has 4 nitrogen and oxygen atoms in total. The lowest BCUT2D eigenvalue weighted by atomic mass is 9.97. The summed E-state index contributed by atoms with van der Waals surface area (Å²) in [7, 11) is 0. The van der Waals surface area contributed by atoms with E-state index < -0.39 is 75.6 Å². The fraction of sp³-hybridized carbons (Fsp3) is 0.314. The molecule has 0 radical (unpaired) electrons. The first kappa shape index (κ1) is 35.2. The van der Waals surface area contributed by atoms with Crippen LogP contribution in [0.4, 0.5) is 39.5 Å². The van der Waals surface area contributed by atoms with E-state index >= 15 is 8.78 Å². The maximum Gasteiger partial charge on any atom is 0.432 e. The normalized spacial score (nSPS) is 16.7. The molecule has 4 aromatic rings. The lowest BCUT2D eigenvalue weighted by Gasteiger charge is -2.29. The fourth-order valence-corrected chi connectivity index (χ4v) is 5.16. The van der Waals surface area contributed by atoms with Crippen LogP contribution in [0, 0.1) is 46.6 Å². The highest BCUT2D eigenvalue weighted by Gasteiger charge is 2.41. The Morgan fingerprint density at radius 2 is 1.27 bits per heavy atom. The van der Waals surface area contributed by atoms with Crippen molar-refractivity contribution in [2.24, 2.45) is 5.92 Å². The Morgan fingerprint density at radius 3 is 1.88 bits per heavy atom. The summed E-state index contributed by atoms with van der Waals surface area (Å²) in [6, 6.07) is 8.35. The monoisotopic (exact) mass is 684 g/mol. The minimum Gasteiger partial charge on any atom is -0.429 e. The van der Waals surface area contributed by atoms with E-state index in [4.69, 9.17) is 14.2 Å². The van der Waals surface area contributed by atoms with Crippen LogP contribution in [0.5, 0.6) is 5.75 Å². The molecule has 1 saturated heterocycles. The lowest BCUT2D eigenvalue weighted by molar-refractivity contribution is -0.212. The Hall–Kier alpha value is -4.07. The zero-order valence-corrected chi connectivity index (χ0v) is 25.4. The van der Waals surface area contributed by atoms with E-state index in [1.807, 2.05) is 0 Å². The van der Waals surface area contributed by atoms with Crippen molar-refractivity contribution in [3.05, 3.63) is 113 Å².